The number of nitrogens with one attached hydrogen (secondary N) is 2. The molecule has 7 heteroatoms. The standard InChI is InChI=1S/C33H33N5O2/c1-37(2)21-9-10-22-38-30-20-19-28(35-33(40)26-13-7-4-8-14-26)23-29(30)36-31(38)24-15-17-27(18-16-24)34-32(39)25-11-5-3-6-12-25/h3-8,11-20,23H,9-10,21-22H2,1-2H3,(H,34,39)(H,35,40). The maximum Gasteiger partial charge on any atom is 0.255 e. The molecule has 0 spiro atoms. The fraction of sp³-hybridized carbons (Fsp3) is 0.182. The van der Waals surface area contributed by atoms with Crippen LogP contribution < -0.4 is 10.6 Å². The number of rotatable bonds is 10. The van der Waals surface area contributed by atoms with Crippen molar-refractivity contribution in [2.75, 3.05) is 31.3 Å². The Balaban J connectivity index is 1.40. The molecule has 0 saturated carbocycles. The molecule has 2 amide bonds. The van der Waals surface area contributed by atoms with E-state index < -0.39 is 0 Å². The van der Waals surface area contributed by atoms with Crippen LogP contribution in [0.25, 0.3) is 22.4 Å². The van der Waals surface area contributed by atoms with Gasteiger partial charge >= 0.3 is 0 Å². The Morgan fingerprint density at radius 1 is 0.725 bits per heavy atom. The van der Waals surface area contributed by atoms with Crippen molar-refractivity contribution in [1.29, 1.82) is 0 Å². The number of fused-ring (bicyclic) bond motifs is 1. The second kappa shape index (κ2) is 12.4. The lowest BCUT2D eigenvalue weighted by atomic mass is 10.1. The maximum absolute atomic E-state index is 12.7. The van der Waals surface area contributed by atoms with Gasteiger partial charge in [0.05, 0.1) is 11.0 Å². The van der Waals surface area contributed by atoms with Crippen LogP contribution in [0, 0.1) is 0 Å². The zero-order valence-electron chi connectivity index (χ0n) is 22.8. The van der Waals surface area contributed by atoms with Crippen molar-refractivity contribution in [2.24, 2.45) is 0 Å². The minimum absolute atomic E-state index is 0.147. The highest BCUT2D eigenvalue weighted by Gasteiger charge is 2.15. The number of benzene rings is 4. The van der Waals surface area contributed by atoms with Crippen LogP contribution in [-0.2, 0) is 6.54 Å². The number of hydrogen-bond donors (Lipinski definition) is 2. The minimum atomic E-state index is -0.156. The van der Waals surface area contributed by atoms with Crippen molar-refractivity contribution in [3.8, 4) is 11.4 Å². The Hall–Kier alpha value is -4.75. The van der Waals surface area contributed by atoms with E-state index in [1.165, 1.54) is 0 Å². The fourth-order valence-electron chi connectivity index (χ4n) is 4.64. The van der Waals surface area contributed by atoms with E-state index in [1.54, 1.807) is 24.3 Å². The third-order valence-electron chi connectivity index (χ3n) is 6.72. The molecule has 0 aliphatic carbocycles. The average molecular weight is 532 g/mol. The first-order chi connectivity index (χ1) is 19.5. The third-order valence-corrected chi connectivity index (χ3v) is 6.72. The van der Waals surface area contributed by atoms with Crippen LogP contribution in [0.5, 0.6) is 0 Å². The molecule has 40 heavy (non-hydrogen) atoms. The molecule has 0 bridgehead atoms. The van der Waals surface area contributed by atoms with Gasteiger partial charge in [0.15, 0.2) is 0 Å². The Labute approximate surface area is 234 Å². The van der Waals surface area contributed by atoms with Crippen molar-refractivity contribution in [2.45, 2.75) is 19.4 Å². The molecule has 5 rings (SSSR count). The normalized spacial score (nSPS) is 11.1. The highest BCUT2D eigenvalue weighted by molar-refractivity contribution is 6.05. The van der Waals surface area contributed by atoms with Gasteiger partial charge in [0, 0.05) is 34.6 Å². The molecular weight excluding hydrogens is 498 g/mol. The molecule has 5 aromatic rings. The molecular formula is C33H33N5O2. The zero-order chi connectivity index (χ0) is 27.9. The molecule has 0 saturated heterocycles. The summed E-state index contributed by atoms with van der Waals surface area (Å²) in [5, 5.41) is 5.95. The number of amides is 2. The van der Waals surface area contributed by atoms with Gasteiger partial charge in [0.25, 0.3) is 11.8 Å². The largest absolute Gasteiger partial charge is 0.324 e. The first kappa shape index (κ1) is 26.8. The van der Waals surface area contributed by atoms with Gasteiger partial charge in [-0.1, -0.05) is 36.4 Å². The number of carbonyl (C=O) groups excluding carboxylic acids is 2. The van der Waals surface area contributed by atoms with Crippen molar-refractivity contribution in [1.82, 2.24) is 14.5 Å². The summed E-state index contributed by atoms with van der Waals surface area (Å²) in [4.78, 5) is 32.5. The molecule has 0 unspecified atom stereocenters. The van der Waals surface area contributed by atoms with Gasteiger partial charge in [0.2, 0.25) is 0 Å². The molecule has 0 aliphatic heterocycles. The van der Waals surface area contributed by atoms with Gasteiger partial charge < -0.3 is 20.1 Å². The van der Waals surface area contributed by atoms with E-state index >= 15 is 0 Å². The van der Waals surface area contributed by atoms with Crippen LogP contribution in [0.15, 0.2) is 103 Å². The number of aryl methyl sites for hydroxylation is 1. The SMILES string of the molecule is CN(C)CCCCn1c(-c2ccc(NC(=O)c3ccccc3)cc2)nc2cc(NC(=O)c3ccccc3)ccc21. The molecule has 0 radical (unpaired) electrons. The summed E-state index contributed by atoms with van der Waals surface area (Å²) in [6, 6.07) is 32.0. The predicted octanol–water partition coefficient (Wildman–Crippen LogP) is 6.55. The number of anilines is 2. The Morgan fingerprint density at radius 2 is 1.30 bits per heavy atom. The Bertz CT molecular complexity index is 1590. The van der Waals surface area contributed by atoms with Crippen LogP contribution >= 0.6 is 0 Å². The first-order valence-corrected chi connectivity index (χ1v) is 13.5. The van der Waals surface area contributed by atoms with Gasteiger partial charge in [-0.3, -0.25) is 9.59 Å². The molecule has 1 heterocycles. The van der Waals surface area contributed by atoms with Crippen LogP contribution in [0.1, 0.15) is 33.6 Å². The van der Waals surface area contributed by atoms with Crippen LogP contribution in [0.2, 0.25) is 0 Å². The quantitative estimate of drug-likeness (QED) is 0.200. The first-order valence-electron chi connectivity index (χ1n) is 13.5. The maximum atomic E-state index is 12.7. The minimum Gasteiger partial charge on any atom is -0.324 e. The summed E-state index contributed by atoms with van der Waals surface area (Å²) in [7, 11) is 4.17. The van der Waals surface area contributed by atoms with Crippen LogP contribution in [0.4, 0.5) is 11.4 Å². The Kier molecular flexibility index (Phi) is 8.32. The van der Waals surface area contributed by atoms with E-state index in [4.69, 9.17) is 4.98 Å². The smallest absolute Gasteiger partial charge is 0.255 e. The van der Waals surface area contributed by atoms with E-state index in [0.29, 0.717) is 16.8 Å². The topological polar surface area (TPSA) is 79.3 Å². The number of unbranched alkanes of at least 4 members (excludes halogenated alkanes) is 1. The molecule has 4 aromatic carbocycles. The molecule has 2 N–H and O–H groups in total. The number of carbonyl (C=O) groups is 2. The molecule has 1 aromatic heterocycles. The predicted molar refractivity (Wildman–Crippen MR) is 162 cm³/mol. The van der Waals surface area contributed by atoms with E-state index in [-0.39, 0.29) is 11.8 Å². The van der Waals surface area contributed by atoms with Crippen LogP contribution in [-0.4, -0.2) is 46.9 Å². The number of hydrogen-bond acceptors (Lipinski definition) is 4. The third kappa shape index (κ3) is 6.45. The summed E-state index contributed by atoms with van der Waals surface area (Å²) in [5.41, 5.74) is 5.42. The van der Waals surface area contributed by atoms with E-state index in [0.717, 1.165) is 54.0 Å². The lowest BCUT2D eigenvalue weighted by Gasteiger charge is -2.12. The number of nitrogens with zero attached hydrogens (tertiary/aromatic N) is 3. The molecule has 0 fully saturated rings. The van der Waals surface area contributed by atoms with Gasteiger partial charge in [-0.2, -0.15) is 0 Å². The van der Waals surface area contributed by atoms with Gasteiger partial charge in [-0.15, -0.1) is 0 Å². The zero-order valence-corrected chi connectivity index (χ0v) is 22.8. The summed E-state index contributed by atoms with van der Waals surface area (Å²) in [5.74, 6) is 0.551. The van der Waals surface area contributed by atoms with Crippen LogP contribution in [0.3, 0.4) is 0 Å². The molecule has 0 atom stereocenters. The van der Waals surface area contributed by atoms with Crippen molar-refractivity contribution in [3.63, 3.8) is 0 Å². The highest BCUT2D eigenvalue weighted by atomic mass is 16.2. The second-order valence-corrected chi connectivity index (χ2v) is 10.0. The average Bonchev–Trinajstić information content (AvgIpc) is 3.34. The van der Waals surface area contributed by atoms with Crippen molar-refractivity contribution >= 4 is 34.2 Å². The van der Waals surface area contributed by atoms with Gasteiger partial charge in [-0.25, -0.2) is 4.98 Å². The molecule has 202 valence electrons. The summed E-state index contributed by atoms with van der Waals surface area (Å²) in [6.45, 7) is 1.84. The summed E-state index contributed by atoms with van der Waals surface area (Å²) in [6.07, 6.45) is 2.08. The van der Waals surface area contributed by atoms with Crippen molar-refractivity contribution in [3.05, 3.63) is 114 Å². The fourth-order valence-corrected chi connectivity index (χ4v) is 4.64. The lowest BCUT2D eigenvalue weighted by Crippen LogP contribution is -2.13. The van der Waals surface area contributed by atoms with E-state index in [2.05, 4.69) is 34.2 Å². The van der Waals surface area contributed by atoms with Gasteiger partial charge in [0.1, 0.15) is 5.82 Å². The Morgan fingerprint density at radius 3 is 1.90 bits per heavy atom. The van der Waals surface area contributed by atoms with E-state index in [9.17, 15) is 9.59 Å². The van der Waals surface area contributed by atoms with Crippen molar-refractivity contribution < 1.29 is 9.59 Å². The highest BCUT2D eigenvalue weighted by Crippen LogP contribution is 2.29. The summed E-state index contributed by atoms with van der Waals surface area (Å²) < 4.78 is 2.24. The number of aromatic nitrogens is 2. The molecule has 0 aliphatic rings. The second-order valence-electron chi connectivity index (χ2n) is 10.0. The monoisotopic (exact) mass is 531 g/mol. The van der Waals surface area contributed by atoms with Gasteiger partial charge in [-0.05, 0) is 100 Å². The lowest BCUT2D eigenvalue weighted by molar-refractivity contribution is 0.101. The number of imidazole rings is 1. The molecule has 7 nitrogen and oxygen atoms in total. The van der Waals surface area contributed by atoms with E-state index in [1.807, 2.05) is 78.9 Å². The summed E-state index contributed by atoms with van der Waals surface area (Å²) >= 11 is 0.